The number of carbonyl (C=O) groups excluding carboxylic acids is 1. The fraction of sp³-hybridized carbons (Fsp3) is 0.350. The number of sulfonamides is 1. The summed E-state index contributed by atoms with van der Waals surface area (Å²) in [5.74, 6) is 0.352. The van der Waals surface area contributed by atoms with Crippen molar-refractivity contribution in [2.45, 2.75) is 32.9 Å². The van der Waals surface area contributed by atoms with Crippen LogP contribution in [0.25, 0.3) is 0 Å². The molecular formula is C20H24N2O4S. The standard InChI is InChI=1S/C20H24N2O4S/c1-3-26-18-11-9-17(10-12-18)21-20(23)19-13-15-7-5-6-8-16(15)14-22(19)27(24,25)4-2/h5-12,19H,3-4,13-14H2,1-2H3,(H,21,23)/t19-/m1/s1. The molecule has 6 nitrogen and oxygen atoms in total. The first-order chi connectivity index (χ1) is 12.9. The van der Waals surface area contributed by atoms with Gasteiger partial charge >= 0.3 is 0 Å². The minimum atomic E-state index is -3.51. The molecule has 1 heterocycles. The molecule has 2 aromatic carbocycles. The first-order valence-corrected chi connectivity index (χ1v) is 10.7. The zero-order valence-electron chi connectivity index (χ0n) is 15.5. The van der Waals surface area contributed by atoms with Crippen LogP contribution in [-0.4, -0.2) is 37.0 Å². The number of nitrogens with zero attached hydrogens (tertiary/aromatic N) is 1. The summed E-state index contributed by atoms with van der Waals surface area (Å²) in [5.41, 5.74) is 2.56. The summed E-state index contributed by atoms with van der Waals surface area (Å²) in [5, 5.41) is 2.84. The van der Waals surface area contributed by atoms with Crippen molar-refractivity contribution < 1.29 is 17.9 Å². The van der Waals surface area contributed by atoms with E-state index in [9.17, 15) is 13.2 Å². The van der Waals surface area contributed by atoms with Crippen molar-refractivity contribution in [3.8, 4) is 5.75 Å². The Morgan fingerprint density at radius 3 is 2.41 bits per heavy atom. The molecule has 1 aliphatic rings. The average Bonchev–Trinajstić information content (AvgIpc) is 2.68. The lowest BCUT2D eigenvalue weighted by Gasteiger charge is -2.34. The Balaban J connectivity index is 1.84. The highest BCUT2D eigenvalue weighted by atomic mass is 32.2. The van der Waals surface area contributed by atoms with E-state index in [-0.39, 0.29) is 18.2 Å². The van der Waals surface area contributed by atoms with Gasteiger partial charge in [0, 0.05) is 12.2 Å². The molecule has 1 N–H and O–H groups in total. The predicted octanol–water partition coefficient (Wildman–Crippen LogP) is 2.80. The molecule has 1 atom stereocenters. The van der Waals surface area contributed by atoms with Gasteiger partial charge in [0.25, 0.3) is 0 Å². The monoisotopic (exact) mass is 388 g/mol. The van der Waals surface area contributed by atoms with Crippen molar-refractivity contribution in [3.05, 3.63) is 59.7 Å². The van der Waals surface area contributed by atoms with Crippen LogP contribution in [0.3, 0.4) is 0 Å². The molecule has 0 saturated carbocycles. The Labute approximate surface area is 160 Å². The van der Waals surface area contributed by atoms with Gasteiger partial charge in [0.15, 0.2) is 0 Å². The van der Waals surface area contributed by atoms with Gasteiger partial charge in [-0.3, -0.25) is 4.79 Å². The predicted molar refractivity (Wildman–Crippen MR) is 105 cm³/mol. The minimum absolute atomic E-state index is 0.0397. The first kappa shape index (κ1) is 19.4. The average molecular weight is 388 g/mol. The third kappa shape index (κ3) is 4.31. The number of ether oxygens (including phenoxy) is 1. The highest BCUT2D eigenvalue weighted by molar-refractivity contribution is 7.89. The number of anilines is 1. The van der Waals surface area contributed by atoms with E-state index in [2.05, 4.69) is 5.32 Å². The molecule has 0 spiro atoms. The van der Waals surface area contributed by atoms with Gasteiger partial charge in [0.1, 0.15) is 11.8 Å². The number of nitrogens with one attached hydrogen (secondary N) is 1. The van der Waals surface area contributed by atoms with Gasteiger partial charge in [-0.15, -0.1) is 0 Å². The Hall–Kier alpha value is -2.38. The van der Waals surface area contributed by atoms with Crippen LogP contribution < -0.4 is 10.1 Å². The van der Waals surface area contributed by atoms with Crippen molar-refractivity contribution in [2.24, 2.45) is 0 Å². The minimum Gasteiger partial charge on any atom is -0.494 e. The zero-order chi connectivity index (χ0) is 19.4. The Bertz CT molecular complexity index is 910. The highest BCUT2D eigenvalue weighted by Crippen LogP contribution is 2.27. The van der Waals surface area contributed by atoms with Crippen molar-refractivity contribution >= 4 is 21.6 Å². The molecule has 0 aliphatic carbocycles. The summed E-state index contributed by atoms with van der Waals surface area (Å²) in [4.78, 5) is 12.9. The summed E-state index contributed by atoms with van der Waals surface area (Å²) < 4.78 is 31.9. The lowest BCUT2D eigenvalue weighted by atomic mass is 9.95. The van der Waals surface area contributed by atoms with Crippen LogP contribution >= 0.6 is 0 Å². The van der Waals surface area contributed by atoms with Gasteiger partial charge in [-0.1, -0.05) is 24.3 Å². The molecule has 0 bridgehead atoms. The van der Waals surface area contributed by atoms with Crippen LogP contribution in [-0.2, 0) is 27.8 Å². The summed E-state index contributed by atoms with van der Waals surface area (Å²) >= 11 is 0. The van der Waals surface area contributed by atoms with Gasteiger partial charge in [-0.05, 0) is 55.7 Å². The SMILES string of the molecule is CCOc1ccc(NC(=O)[C@H]2Cc3ccccc3CN2S(=O)(=O)CC)cc1. The lowest BCUT2D eigenvalue weighted by molar-refractivity contribution is -0.120. The molecule has 2 aromatic rings. The number of hydrogen-bond acceptors (Lipinski definition) is 4. The maximum atomic E-state index is 12.9. The van der Waals surface area contributed by atoms with E-state index < -0.39 is 16.1 Å². The fourth-order valence-electron chi connectivity index (χ4n) is 3.21. The molecule has 1 amide bonds. The number of benzene rings is 2. The lowest BCUT2D eigenvalue weighted by Crippen LogP contribution is -2.51. The zero-order valence-corrected chi connectivity index (χ0v) is 16.3. The number of hydrogen-bond donors (Lipinski definition) is 1. The van der Waals surface area contributed by atoms with Crippen molar-refractivity contribution in [2.75, 3.05) is 17.7 Å². The largest absolute Gasteiger partial charge is 0.494 e. The van der Waals surface area contributed by atoms with E-state index in [0.29, 0.717) is 18.7 Å². The molecule has 1 aliphatic heterocycles. The molecule has 144 valence electrons. The number of fused-ring (bicyclic) bond motifs is 1. The molecule has 3 rings (SSSR count). The second kappa shape index (κ2) is 8.10. The van der Waals surface area contributed by atoms with Crippen LogP contribution in [0.5, 0.6) is 5.75 Å². The quantitative estimate of drug-likeness (QED) is 0.826. The molecule has 7 heteroatoms. The number of carbonyl (C=O) groups is 1. The molecule has 0 radical (unpaired) electrons. The van der Waals surface area contributed by atoms with Crippen LogP contribution in [0.15, 0.2) is 48.5 Å². The molecule has 27 heavy (non-hydrogen) atoms. The highest BCUT2D eigenvalue weighted by Gasteiger charge is 2.37. The third-order valence-electron chi connectivity index (χ3n) is 4.66. The third-order valence-corrected chi connectivity index (χ3v) is 6.49. The van der Waals surface area contributed by atoms with Crippen LogP contribution in [0, 0.1) is 0 Å². The fourth-order valence-corrected chi connectivity index (χ4v) is 4.43. The molecule has 0 saturated heterocycles. The van der Waals surface area contributed by atoms with Crippen molar-refractivity contribution in [1.82, 2.24) is 4.31 Å². The second-order valence-electron chi connectivity index (χ2n) is 6.38. The van der Waals surface area contributed by atoms with Crippen LogP contribution in [0.2, 0.25) is 0 Å². The summed E-state index contributed by atoms with van der Waals surface area (Å²) in [6.07, 6.45) is 0.359. The van der Waals surface area contributed by atoms with Crippen LogP contribution in [0.4, 0.5) is 5.69 Å². The van der Waals surface area contributed by atoms with E-state index in [1.54, 1.807) is 31.2 Å². The number of amides is 1. The van der Waals surface area contributed by atoms with E-state index in [4.69, 9.17) is 4.74 Å². The molecule has 0 fully saturated rings. The van der Waals surface area contributed by atoms with E-state index in [1.165, 1.54) is 4.31 Å². The van der Waals surface area contributed by atoms with Gasteiger partial charge < -0.3 is 10.1 Å². The molecule has 0 aromatic heterocycles. The van der Waals surface area contributed by atoms with E-state index in [0.717, 1.165) is 16.9 Å². The Morgan fingerprint density at radius 1 is 1.11 bits per heavy atom. The summed E-state index contributed by atoms with van der Waals surface area (Å²) in [6.45, 7) is 4.28. The second-order valence-corrected chi connectivity index (χ2v) is 8.59. The van der Waals surface area contributed by atoms with Crippen LogP contribution in [0.1, 0.15) is 25.0 Å². The maximum absolute atomic E-state index is 12.9. The smallest absolute Gasteiger partial charge is 0.243 e. The summed E-state index contributed by atoms with van der Waals surface area (Å²) in [7, 11) is -3.51. The number of rotatable bonds is 6. The topological polar surface area (TPSA) is 75.7 Å². The molecular weight excluding hydrogens is 364 g/mol. The Morgan fingerprint density at radius 2 is 1.78 bits per heavy atom. The van der Waals surface area contributed by atoms with Crippen molar-refractivity contribution in [1.29, 1.82) is 0 Å². The van der Waals surface area contributed by atoms with Gasteiger partial charge in [0.05, 0.1) is 12.4 Å². The van der Waals surface area contributed by atoms with Gasteiger partial charge in [-0.25, -0.2) is 8.42 Å². The maximum Gasteiger partial charge on any atom is 0.243 e. The van der Waals surface area contributed by atoms with E-state index in [1.807, 2.05) is 31.2 Å². The van der Waals surface area contributed by atoms with Crippen molar-refractivity contribution in [3.63, 3.8) is 0 Å². The Kier molecular flexibility index (Phi) is 5.82. The normalized spacial score (nSPS) is 17.2. The van der Waals surface area contributed by atoms with E-state index >= 15 is 0 Å². The molecule has 0 unspecified atom stereocenters. The summed E-state index contributed by atoms with van der Waals surface area (Å²) in [6, 6.07) is 13.9. The first-order valence-electron chi connectivity index (χ1n) is 9.04. The van der Waals surface area contributed by atoms with Gasteiger partial charge in [0.2, 0.25) is 15.9 Å². The van der Waals surface area contributed by atoms with Gasteiger partial charge in [-0.2, -0.15) is 4.31 Å².